The number of rotatable bonds is 9. The van der Waals surface area contributed by atoms with Crippen molar-refractivity contribution < 1.29 is 4.92 Å². The Morgan fingerprint density at radius 2 is 1.67 bits per heavy atom. The number of benzene rings is 1. The van der Waals surface area contributed by atoms with Crippen molar-refractivity contribution in [2.24, 2.45) is 19.5 Å². The third-order valence-electron chi connectivity index (χ3n) is 5.30. The predicted octanol–water partition coefficient (Wildman–Crippen LogP) is 2.21. The van der Waals surface area contributed by atoms with E-state index < -0.39 is 0 Å². The molecule has 0 saturated carbocycles. The van der Waals surface area contributed by atoms with E-state index in [9.17, 15) is 19.7 Å². The van der Waals surface area contributed by atoms with Crippen LogP contribution in [-0.2, 0) is 14.1 Å². The lowest BCUT2D eigenvalue weighted by Crippen LogP contribution is -2.38. The fourth-order valence-corrected chi connectivity index (χ4v) is 3.48. The summed E-state index contributed by atoms with van der Waals surface area (Å²) in [6.07, 6.45) is 0.881. The molecule has 9 nitrogen and oxygen atoms in total. The Balaban J connectivity index is 1.89. The van der Waals surface area contributed by atoms with Crippen molar-refractivity contribution in [3.63, 3.8) is 0 Å². The van der Waals surface area contributed by atoms with E-state index in [1.54, 1.807) is 19.2 Å². The van der Waals surface area contributed by atoms with Crippen LogP contribution in [0.25, 0.3) is 0 Å². The standard InChI is InChI=1S/C21H31N5O4/c1-21(2,3)17(15-6-8-16(9-7-15)26(29)30)10-11-22-12-13-23-18-14-19(27)25(5)20(28)24(18)4/h6-9,14,17,22-23H,10-13H2,1-5H3. The van der Waals surface area contributed by atoms with Gasteiger partial charge in [0.2, 0.25) is 0 Å². The van der Waals surface area contributed by atoms with E-state index >= 15 is 0 Å². The van der Waals surface area contributed by atoms with Crippen LogP contribution in [0, 0.1) is 15.5 Å². The van der Waals surface area contributed by atoms with Gasteiger partial charge in [-0.25, -0.2) is 4.79 Å². The number of hydrogen-bond donors (Lipinski definition) is 2. The van der Waals surface area contributed by atoms with Crippen molar-refractivity contribution in [2.75, 3.05) is 25.0 Å². The lowest BCUT2D eigenvalue weighted by molar-refractivity contribution is -0.384. The SMILES string of the molecule is Cn1c(NCCNCCC(c2ccc([N+](=O)[O-])cc2)C(C)(C)C)cc(=O)n(C)c1=O. The maximum Gasteiger partial charge on any atom is 0.332 e. The lowest BCUT2D eigenvalue weighted by atomic mass is 9.74. The molecule has 2 N–H and O–H groups in total. The van der Waals surface area contributed by atoms with E-state index in [2.05, 4.69) is 31.4 Å². The molecule has 1 aromatic carbocycles. The summed E-state index contributed by atoms with van der Waals surface area (Å²) in [5.74, 6) is 0.736. The summed E-state index contributed by atoms with van der Waals surface area (Å²) >= 11 is 0. The Hall–Kier alpha value is -2.94. The Morgan fingerprint density at radius 3 is 2.23 bits per heavy atom. The maximum atomic E-state index is 11.9. The molecule has 30 heavy (non-hydrogen) atoms. The molecule has 2 aromatic rings. The molecule has 164 valence electrons. The third kappa shape index (κ3) is 5.79. The zero-order valence-corrected chi connectivity index (χ0v) is 18.3. The van der Waals surface area contributed by atoms with E-state index in [4.69, 9.17) is 0 Å². The summed E-state index contributed by atoms with van der Waals surface area (Å²) in [6, 6.07) is 8.20. The van der Waals surface area contributed by atoms with E-state index in [0.717, 1.165) is 23.1 Å². The highest BCUT2D eigenvalue weighted by molar-refractivity contribution is 5.35. The van der Waals surface area contributed by atoms with Crippen molar-refractivity contribution in [2.45, 2.75) is 33.1 Å². The average Bonchev–Trinajstić information content (AvgIpc) is 2.68. The highest BCUT2D eigenvalue weighted by atomic mass is 16.6. The Labute approximate surface area is 175 Å². The van der Waals surface area contributed by atoms with Crippen LogP contribution in [0.4, 0.5) is 11.5 Å². The van der Waals surface area contributed by atoms with Crippen molar-refractivity contribution >= 4 is 11.5 Å². The number of anilines is 1. The van der Waals surface area contributed by atoms with Crippen molar-refractivity contribution in [1.82, 2.24) is 14.5 Å². The Kier molecular flexibility index (Phi) is 7.55. The third-order valence-corrected chi connectivity index (χ3v) is 5.30. The van der Waals surface area contributed by atoms with E-state index in [0.29, 0.717) is 18.9 Å². The van der Waals surface area contributed by atoms with E-state index in [1.807, 2.05) is 12.1 Å². The van der Waals surface area contributed by atoms with Crippen LogP contribution in [0.15, 0.2) is 39.9 Å². The second-order valence-electron chi connectivity index (χ2n) is 8.50. The number of non-ortho nitro benzene ring substituents is 1. The molecule has 0 fully saturated rings. The van der Waals surface area contributed by atoms with Gasteiger partial charge in [-0.05, 0) is 29.9 Å². The van der Waals surface area contributed by atoms with Gasteiger partial charge in [-0.15, -0.1) is 0 Å². The Morgan fingerprint density at radius 1 is 1.03 bits per heavy atom. The van der Waals surface area contributed by atoms with Crippen molar-refractivity contribution in [3.05, 3.63) is 66.8 Å². The predicted molar refractivity (Wildman–Crippen MR) is 118 cm³/mol. The van der Waals surface area contributed by atoms with E-state index in [1.165, 1.54) is 17.7 Å². The molecule has 0 bridgehead atoms. The topological polar surface area (TPSA) is 111 Å². The van der Waals surface area contributed by atoms with Crippen LogP contribution >= 0.6 is 0 Å². The molecular weight excluding hydrogens is 386 g/mol. The summed E-state index contributed by atoms with van der Waals surface area (Å²) in [6.45, 7) is 8.50. The van der Waals surface area contributed by atoms with Gasteiger partial charge in [0.05, 0.1) is 4.92 Å². The second kappa shape index (κ2) is 9.71. The number of nitrogens with one attached hydrogen (secondary N) is 2. The van der Waals surface area contributed by atoms with Gasteiger partial charge in [0.1, 0.15) is 5.82 Å². The van der Waals surface area contributed by atoms with E-state index in [-0.39, 0.29) is 33.2 Å². The normalized spacial score (nSPS) is 12.6. The molecule has 0 radical (unpaired) electrons. The fraction of sp³-hybridized carbons (Fsp3) is 0.524. The monoisotopic (exact) mass is 417 g/mol. The van der Waals surface area contributed by atoms with Crippen LogP contribution < -0.4 is 21.9 Å². The summed E-state index contributed by atoms with van der Waals surface area (Å²) in [4.78, 5) is 34.2. The number of nitro groups is 1. The van der Waals surface area contributed by atoms with Crippen LogP contribution in [0.3, 0.4) is 0 Å². The quantitative estimate of drug-likeness (QED) is 0.368. The van der Waals surface area contributed by atoms with Gasteiger partial charge >= 0.3 is 5.69 Å². The molecule has 0 aliphatic carbocycles. The fourth-order valence-electron chi connectivity index (χ4n) is 3.48. The number of nitrogens with zero attached hydrogens (tertiary/aromatic N) is 3. The minimum atomic E-state index is -0.386. The maximum absolute atomic E-state index is 11.9. The molecule has 2 rings (SSSR count). The van der Waals surface area contributed by atoms with Gasteiger partial charge in [0, 0.05) is 45.4 Å². The molecule has 1 unspecified atom stereocenters. The molecule has 1 atom stereocenters. The molecule has 1 aromatic heterocycles. The van der Waals surface area contributed by atoms with Crippen LogP contribution in [0.1, 0.15) is 38.7 Å². The molecule has 0 amide bonds. The first kappa shape index (κ1) is 23.3. The Bertz CT molecular complexity index is 986. The largest absolute Gasteiger partial charge is 0.370 e. The molecule has 0 spiro atoms. The summed E-state index contributed by atoms with van der Waals surface area (Å²) in [5, 5.41) is 17.4. The van der Waals surface area contributed by atoms with Crippen LogP contribution in [0.2, 0.25) is 0 Å². The smallest absolute Gasteiger partial charge is 0.332 e. The highest BCUT2D eigenvalue weighted by Crippen LogP contribution is 2.37. The van der Waals surface area contributed by atoms with Gasteiger partial charge in [-0.2, -0.15) is 0 Å². The zero-order valence-electron chi connectivity index (χ0n) is 18.3. The molecule has 9 heteroatoms. The first-order valence-corrected chi connectivity index (χ1v) is 9.98. The summed E-state index contributed by atoms with van der Waals surface area (Å²) in [7, 11) is 3.07. The van der Waals surface area contributed by atoms with Gasteiger partial charge in [0.15, 0.2) is 0 Å². The minimum absolute atomic E-state index is 0.0123. The van der Waals surface area contributed by atoms with Gasteiger partial charge in [-0.1, -0.05) is 32.9 Å². The first-order chi connectivity index (χ1) is 14.0. The molecule has 1 heterocycles. The molecular formula is C21H31N5O4. The number of nitro benzene ring substituents is 1. The van der Waals surface area contributed by atoms with Crippen LogP contribution in [-0.4, -0.2) is 33.7 Å². The van der Waals surface area contributed by atoms with Crippen molar-refractivity contribution in [3.8, 4) is 0 Å². The highest BCUT2D eigenvalue weighted by Gasteiger charge is 2.26. The second-order valence-corrected chi connectivity index (χ2v) is 8.50. The number of hydrogen-bond acceptors (Lipinski definition) is 6. The molecule has 0 aliphatic heterocycles. The van der Waals surface area contributed by atoms with Gasteiger partial charge in [-0.3, -0.25) is 24.0 Å². The minimum Gasteiger partial charge on any atom is -0.370 e. The van der Waals surface area contributed by atoms with Gasteiger partial charge < -0.3 is 10.6 Å². The van der Waals surface area contributed by atoms with Crippen LogP contribution in [0.5, 0.6) is 0 Å². The average molecular weight is 418 g/mol. The summed E-state index contributed by atoms with van der Waals surface area (Å²) in [5.41, 5.74) is 0.487. The number of aromatic nitrogens is 2. The molecule has 0 aliphatic rings. The zero-order chi connectivity index (χ0) is 22.5. The first-order valence-electron chi connectivity index (χ1n) is 9.98. The van der Waals surface area contributed by atoms with Crippen molar-refractivity contribution in [1.29, 1.82) is 0 Å². The summed E-state index contributed by atoms with van der Waals surface area (Å²) < 4.78 is 2.47. The lowest BCUT2D eigenvalue weighted by Gasteiger charge is -2.31. The van der Waals surface area contributed by atoms with Gasteiger partial charge in [0.25, 0.3) is 11.2 Å². The molecule has 0 saturated heterocycles.